The monoisotopic (exact) mass is 433 g/mol. The van der Waals surface area contributed by atoms with E-state index in [1.165, 1.54) is 13.0 Å². The van der Waals surface area contributed by atoms with Gasteiger partial charge in [-0.15, -0.1) is 0 Å². The molecule has 166 valence electrons. The van der Waals surface area contributed by atoms with E-state index in [-0.39, 0.29) is 24.4 Å². The topological polar surface area (TPSA) is 47.6 Å². The molecule has 0 aromatic heterocycles. The van der Waals surface area contributed by atoms with E-state index in [0.717, 1.165) is 22.4 Å². The Labute approximate surface area is 188 Å². The molecule has 1 aliphatic rings. The number of ether oxygens (including phenoxy) is 2. The summed E-state index contributed by atoms with van der Waals surface area (Å²) in [5.74, 6) is 0.0547. The Morgan fingerprint density at radius 2 is 1.75 bits per heavy atom. The normalized spacial score (nSPS) is 18.9. The standard InChI is InChI=1S/C27H28FNO3/c1-17-13-14-23-21(15-17)26(32-18(2)30)27(3,4)25(29-23)20-10-6-8-12-24(20)31-16-19-9-5-7-11-22(19)28/h5-15,25-26,29H,16H2,1-4H3/t25-,26-/m1/s1. The van der Waals surface area contributed by atoms with Crippen molar-refractivity contribution in [1.82, 2.24) is 0 Å². The number of esters is 1. The molecule has 0 spiro atoms. The van der Waals surface area contributed by atoms with Gasteiger partial charge in [0.25, 0.3) is 0 Å². The molecule has 3 aromatic carbocycles. The van der Waals surface area contributed by atoms with Gasteiger partial charge in [0.1, 0.15) is 24.3 Å². The van der Waals surface area contributed by atoms with Crippen molar-refractivity contribution in [3.8, 4) is 5.75 Å². The molecule has 0 saturated heterocycles. The number of halogens is 1. The first-order chi connectivity index (χ1) is 15.3. The van der Waals surface area contributed by atoms with Gasteiger partial charge >= 0.3 is 5.97 Å². The number of rotatable bonds is 5. The number of para-hydroxylation sites is 1. The third kappa shape index (κ3) is 4.20. The summed E-state index contributed by atoms with van der Waals surface area (Å²) in [6.45, 7) is 7.75. The van der Waals surface area contributed by atoms with E-state index in [2.05, 4.69) is 25.2 Å². The molecule has 2 atom stereocenters. The predicted octanol–water partition coefficient (Wildman–Crippen LogP) is 6.51. The van der Waals surface area contributed by atoms with E-state index >= 15 is 0 Å². The van der Waals surface area contributed by atoms with Crippen molar-refractivity contribution in [2.75, 3.05) is 5.32 Å². The molecule has 1 aliphatic heterocycles. The van der Waals surface area contributed by atoms with E-state index in [9.17, 15) is 9.18 Å². The number of carbonyl (C=O) groups is 1. The molecule has 0 bridgehead atoms. The Hall–Kier alpha value is -3.34. The lowest BCUT2D eigenvalue weighted by Crippen LogP contribution is -2.40. The molecule has 0 radical (unpaired) electrons. The number of aryl methyl sites for hydroxylation is 1. The van der Waals surface area contributed by atoms with Crippen LogP contribution in [0.25, 0.3) is 0 Å². The summed E-state index contributed by atoms with van der Waals surface area (Å²) in [5.41, 5.74) is 3.94. The average molecular weight is 434 g/mol. The first-order valence-corrected chi connectivity index (χ1v) is 10.8. The van der Waals surface area contributed by atoms with Crippen LogP contribution in [0.1, 0.15) is 55.2 Å². The molecule has 0 aliphatic carbocycles. The van der Waals surface area contributed by atoms with Crippen LogP contribution < -0.4 is 10.1 Å². The highest BCUT2D eigenvalue weighted by Crippen LogP contribution is 2.54. The van der Waals surface area contributed by atoms with Crippen molar-refractivity contribution in [3.63, 3.8) is 0 Å². The molecule has 0 saturated carbocycles. The van der Waals surface area contributed by atoms with E-state index in [4.69, 9.17) is 9.47 Å². The van der Waals surface area contributed by atoms with Crippen LogP contribution in [0.2, 0.25) is 0 Å². The van der Waals surface area contributed by atoms with E-state index in [1.807, 2.05) is 43.3 Å². The molecule has 4 nitrogen and oxygen atoms in total. The summed E-state index contributed by atoms with van der Waals surface area (Å²) in [7, 11) is 0. The van der Waals surface area contributed by atoms with E-state index < -0.39 is 11.5 Å². The minimum absolute atomic E-state index is 0.125. The van der Waals surface area contributed by atoms with Crippen molar-refractivity contribution >= 4 is 11.7 Å². The fraction of sp³-hybridized carbons (Fsp3) is 0.296. The van der Waals surface area contributed by atoms with Crippen LogP contribution in [0.4, 0.5) is 10.1 Å². The number of fused-ring (bicyclic) bond motifs is 1. The number of benzene rings is 3. The van der Waals surface area contributed by atoms with Crippen LogP contribution in [0.15, 0.2) is 66.7 Å². The van der Waals surface area contributed by atoms with Gasteiger partial charge in [-0.3, -0.25) is 4.79 Å². The maximum atomic E-state index is 14.1. The molecule has 0 fully saturated rings. The van der Waals surface area contributed by atoms with Gasteiger partial charge in [-0.05, 0) is 25.1 Å². The summed E-state index contributed by atoms with van der Waals surface area (Å²) in [4.78, 5) is 12.0. The lowest BCUT2D eigenvalue weighted by molar-refractivity contribution is -0.154. The second-order valence-corrected chi connectivity index (χ2v) is 8.90. The van der Waals surface area contributed by atoms with Gasteiger partial charge in [-0.1, -0.05) is 67.9 Å². The average Bonchev–Trinajstić information content (AvgIpc) is 2.75. The van der Waals surface area contributed by atoms with Gasteiger partial charge in [-0.2, -0.15) is 0 Å². The molecule has 0 unspecified atom stereocenters. The van der Waals surface area contributed by atoms with Crippen LogP contribution in [-0.4, -0.2) is 5.97 Å². The molecule has 3 aromatic rings. The summed E-state index contributed by atoms with van der Waals surface area (Å²) < 4.78 is 26.0. The molecule has 5 heteroatoms. The maximum Gasteiger partial charge on any atom is 0.303 e. The maximum absolute atomic E-state index is 14.1. The summed E-state index contributed by atoms with van der Waals surface area (Å²) in [6, 6.07) is 20.3. The largest absolute Gasteiger partial charge is 0.488 e. The fourth-order valence-electron chi connectivity index (χ4n) is 4.41. The highest BCUT2D eigenvalue weighted by atomic mass is 19.1. The predicted molar refractivity (Wildman–Crippen MR) is 123 cm³/mol. The van der Waals surface area contributed by atoms with Crippen LogP contribution in [0.3, 0.4) is 0 Å². The second kappa shape index (κ2) is 8.65. The lowest BCUT2D eigenvalue weighted by atomic mass is 9.70. The van der Waals surface area contributed by atoms with Crippen LogP contribution in [0, 0.1) is 18.2 Å². The highest BCUT2D eigenvalue weighted by molar-refractivity contribution is 5.68. The molecular weight excluding hydrogens is 405 g/mol. The Kier molecular flexibility index (Phi) is 5.92. The van der Waals surface area contributed by atoms with Gasteiger partial charge < -0.3 is 14.8 Å². The number of carbonyl (C=O) groups excluding carboxylic acids is 1. The Morgan fingerprint density at radius 3 is 2.50 bits per heavy atom. The zero-order chi connectivity index (χ0) is 22.9. The SMILES string of the molecule is CC(=O)O[C@@H]1c2cc(C)ccc2N[C@H](c2ccccc2OCc2ccccc2F)C1(C)C. The molecule has 1 N–H and O–H groups in total. The number of hydrogen-bond donors (Lipinski definition) is 1. The van der Waals surface area contributed by atoms with Gasteiger partial charge in [0, 0.05) is 34.7 Å². The van der Waals surface area contributed by atoms with Gasteiger partial charge in [0.15, 0.2) is 0 Å². The van der Waals surface area contributed by atoms with Gasteiger partial charge in [0.2, 0.25) is 0 Å². The summed E-state index contributed by atoms with van der Waals surface area (Å²) >= 11 is 0. The zero-order valence-electron chi connectivity index (χ0n) is 18.8. The number of nitrogens with one attached hydrogen (secondary N) is 1. The van der Waals surface area contributed by atoms with Crippen LogP contribution in [0.5, 0.6) is 5.75 Å². The van der Waals surface area contributed by atoms with Crippen molar-refractivity contribution in [1.29, 1.82) is 0 Å². The smallest absolute Gasteiger partial charge is 0.303 e. The first kappa shape index (κ1) is 21.9. The van der Waals surface area contributed by atoms with E-state index in [1.54, 1.807) is 18.2 Å². The Bertz CT molecular complexity index is 1140. The van der Waals surface area contributed by atoms with Gasteiger partial charge in [-0.25, -0.2) is 4.39 Å². The quantitative estimate of drug-likeness (QED) is 0.466. The first-order valence-electron chi connectivity index (χ1n) is 10.8. The molecule has 0 amide bonds. The van der Waals surface area contributed by atoms with Crippen LogP contribution in [-0.2, 0) is 16.1 Å². The van der Waals surface area contributed by atoms with E-state index in [0.29, 0.717) is 11.3 Å². The molecule has 4 rings (SSSR count). The summed E-state index contributed by atoms with van der Waals surface area (Å²) in [6.07, 6.45) is -0.430. The Morgan fingerprint density at radius 1 is 1.03 bits per heavy atom. The minimum atomic E-state index is -0.482. The van der Waals surface area contributed by atoms with Gasteiger partial charge in [0.05, 0.1) is 6.04 Å². The minimum Gasteiger partial charge on any atom is -0.488 e. The lowest BCUT2D eigenvalue weighted by Gasteiger charge is -2.46. The van der Waals surface area contributed by atoms with Crippen molar-refractivity contribution in [2.45, 2.75) is 46.4 Å². The highest BCUT2D eigenvalue weighted by Gasteiger charge is 2.46. The van der Waals surface area contributed by atoms with Crippen molar-refractivity contribution in [3.05, 3.63) is 94.8 Å². The third-order valence-electron chi connectivity index (χ3n) is 6.06. The van der Waals surface area contributed by atoms with Crippen molar-refractivity contribution < 1.29 is 18.7 Å². The fourth-order valence-corrected chi connectivity index (χ4v) is 4.41. The number of anilines is 1. The molecular formula is C27H28FNO3. The van der Waals surface area contributed by atoms with Crippen LogP contribution >= 0.6 is 0 Å². The number of hydrogen-bond acceptors (Lipinski definition) is 4. The van der Waals surface area contributed by atoms with Crippen molar-refractivity contribution in [2.24, 2.45) is 5.41 Å². The molecule has 32 heavy (non-hydrogen) atoms. The second-order valence-electron chi connectivity index (χ2n) is 8.90. The summed E-state index contributed by atoms with van der Waals surface area (Å²) in [5, 5.41) is 3.64. The Balaban J connectivity index is 1.72. The third-order valence-corrected chi connectivity index (χ3v) is 6.06. The molecule has 1 heterocycles. The zero-order valence-corrected chi connectivity index (χ0v) is 18.8.